The van der Waals surface area contributed by atoms with Gasteiger partial charge in [0.15, 0.2) is 6.49 Å². The monoisotopic (exact) mass is 448 g/mol. The van der Waals surface area contributed by atoms with Crippen molar-refractivity contribution >= 4 is 89.0 Å². The van der Waals surface area contributed by atoms with Gasteiger partial charge in [0.25, 0.3) is 0 Å². The molecule has 0 aliphatic rings. The zero-order valence-corrected chi connectivity index (χ0v) is 14.9. The molecule has 0 fully saturated rings. The summed E-state index contributed by atoms with van der Waals surface area (Å²) < 4.78 is -2.31. The third-order valence-corrected chi connectivity index (χ3v) is 4.20. The summed E-state index contributed by atoms with van der Waals surface area (Å²) >= 11 is 30.9. The molecule has 0 spiro atoms. The van der Waals surface area contributed by atoms with Gasteiger partial charge in [-0.15, -0.1) is 0 Å². The van der Waals surface area contributed by atoms with Crippen molar-refractivity contribution in [1.29, 1.82) is 0 Å². The Balaban J connectivity index is 2.82. The molecule has 0 N–H and O–H groups in total. The maximum Gasteiger partial charge on any atom is 0.197 e. The smallest absolute Gasteiger partial charge is 0.0833 e. The molecule has 0 amide bonds. The van der Waals surface area contributed by atoms with Crippen molar-refractivity contribution in [1.82, 2.24) is 0 Å². The fraction of sp³-hybridized carbons (Fsp3) is 0.167. The number of fused-ring (bicyclic) bond motifs is 1. The van der Waals surface area contributed by atoms with Crippen LogP contribution in [0.3, 0.4) is 0 Å². The van der Waals surface area contributed by atoms with E-state index < -0.39 is 6.49 Å². The molecule has 0 heterocycles. The normalized spacial score (nSPS) is 13.0. The molecule has 0 saturated heterocycles. The van der Waals surface area contributed by atoms with Crippen molar-refractivity contribution in [3.8, 4) is 0 Å². The van der Waals surface area contributed by atoms with Crippen LogP contribution in [0.1, 0.15) is 11.1 Å². The van der Waals surface area contributed by atoms with Crippen LogP contribution < -0.4 is 0 Å². The maximum absolute atomic E-state index is 6.11. The maximum atomic E-state index is 6.11. The van der Waals surface area contributed by atoms with Crippen LogP contribution in [0.25, 0.3) is 10.8 Å². The predicted octanol–water partition coefficient (Wildman–Crippen LogP) is 6.81. The summed E-state index contributed by atoms with van der Waals surface area (Å²) in [5.41, 5.74) is 1.49. The van der Waals surface area contributed by atoms with Crippen molar-refractivity contribution in [2.45, 2.75) is 6.49 Å². The SMILES string of the molecule is ClC(Cl)(Br)c1cccc2c(C(Cl)(Cl)Br)cccc12. The van der Waals surface area contributed by atoms with Crippen LogP contribution in [0.5, 0.6) is 0 Å². The van der Waals surface area contributed by atoms with E-state index in [2.05, 4.69) is 31.9 Å². The van der Waals surface area contributed by atoms with Crippen molar-refractivity contribution in [3.63, 3.8) is 0 Å². The van der Waals surface area contributed by atoms with Gasteiger partial charge in [-0.3, -0.25) is 0 Å². The molecule has 0 unspecified atom stereocenters. The Morgan fingerprint density at radius 2 is 1.00 bits per heavy atom. The number of hydrogen-bond acceptors (Lipinski definition) is 0. The molecule has 6 heteroatoms. The summed E-state index contributed by atoms with van der Waals surface area (Å²) in [6.45, 7) is 0. The summed E-state index contributed by atoms with van der Waals surface area (Å²) in [6.07, 6.45) is 0. The van der Waals surface area contributed by atoms with Gasteiger partial charge < -0.3 is 0 Å². The molecule has 0 radical (unpaired) electrons. The Bertz CT molecular complexity index is 531. The van der Waals surface area contributed by atoms with Gasteiger partial charge in [0.1, 0.15) is 0 Å². The van der Waals surface area contributed by atoms with Crippen LogP contribution in [0.2, 0.25) is 0 Å². The Morgan fingerprint density at radius 1 is 0.667 bits per heavy atom. The summed E-state index contributed by atoms with van der Waals surface area (Å²) in [7, 11) is 0. The fourth-order valence-corrected chi connectivity index (χ4v) is 3.16. The standard InChI is InChI=1S/C12H6Br2Cl4/c13-11(15,16)9-5-1-3-7-8(9)4-2-6-10(7)12(14,17)18/h1-6H. The van der Waals surface area contributed by atoms with Crippen LogP contribution in [-0.2, 0) is 6.49 Å². The molecule has 2 aromatic rings. The van der Waals surface area contributed by atoms with Crippen molar-refractivity contribution in [2.75, 3.05) is 0 Å². The molecule has 2 aromatic carbocycles. The van der Waals surface area contributed by atoms with Gasteiger partial charge >= 0.3 is 0 Å². The van der Waals surface area contributed by atoms with Crippen molar-refractivity contribution < 1.29 is 0 Å². The molecule has 0 aliphatic heterocycles. The van der Waals surface area contributed by atoms with Gasteiger partial charge in [0.2, 0.25) is 0 Å². The van der Waals surface area contributed by atoms with E-state index in [1.165, 1.54) is 0 Å². The lowest BCUT2D eigenvalue weighted by Gasteiger charge is -2.19. The molecule has 18 heavy (non-hydrogen) atoms. The van der Waals surface area contributed by atoms with Crippen LogP contribution in [0.15, 0.2) is 36.4 Å². The largest absolute Gasteiger partial charge is 0.197 e. The number of halogens is 6. The minimum absolute atomic E-state index is 0.746. The molecule has 0 atom stereocenters. The Hall–Kier alpha value is 0.820. The fourth-order valence-electron chi connectivity index (χ4n) is 1.80. The molecule has 96 valence electrons. The zero-order valence-electron chi connectivity index (χ0n) is 8.73. The molecular weight excluding hydrogens is 446 g/mol. The van der Waals surface area contributed by atoms with E-state index in [-0.39, 0.29) is 0 Å². The van der Waals surface area contributed by atoms with Crippen molar-refractivity contribution in [2.24, 2.45) is 0 Å². The van der Waals surface area contributed by atoms with E-state index >= 15 is 0 Å². The molecule has 0 nitrogen and oxygen atoms in total. The second-order valence-corrected chi connectivity index (χ2v) is 10.6. The first kappa shape index (κ1) is 15.2. The number of hydrogen-bond donors (Lipinski definition) is 0. The van der Waals surface area contributed by atoms with E-state index in [1.54, 1.807) is 0 Å². The van der Waals surface area contributed by atoms with Crippen LogP contribution in [0, 0.1) is 0 Å². The highest BCUT2D eigenvalue weighted by molar-refractivity contribution is 9.10. The summed E-state index contributed by atoms with van der Waals surface area (Å²) in [5.74, 6) is 0. The van der Waals surface area contributed by atoms with Crippen LogP contribution in [0.4, 0.5) is 0 Å². The van der Waals surface area contributed by atoms with Gasteiger partial charge in [-0.25, -0.2) is 0 Å². The number of alkyl halides is 6. The highest BCUT2D eigenvalue weighted by Gasteiger charge is 2.28. The molecule has 0 aromatic heterocycles. The average Bonchev–Trinajstić information content (AvgIpc) is 2.24. The predicted molar refractivity (Wildman–Crippen MR) is 88.6 cm³/mol. The highest BCUT2D eigenvalue weighted by Crippen LogP contribution is 2.47. The lowest BCUT2D eigenvalue weighted by atomic mass is 10.0. The topological polar surface area (TPSA) is 0 Å². The van der Waals surface area contributed by atoms with E-state index in [0.29, 0.717) is 0 Å². The lowest BCUT2D eigenvalue weighted by molar-refractivity contribution is 1.29. The van der Waals surface area contributed by atoms with Gasteiger partial charge in [-0.05, 0) is 42.6 Å². The minimum atomic E-state index is -1.15. The van der Waals surface area contributed by atoms with Crippen LogP contribution in [-0.4, -0.2) is 0 Å². The molecule has 2 rings (SSSR count). The molecule has 0 saturated carbocycles. The molecule has 0 bridgehead atoms. The first-order valence-corrected chi connectivity index (χ1v) is 7.97. The van der Waals surface area contributed by atoms with E-state index in [4.69, 9.17) is 46.4 Å². The van der Waals surface area contributed by atoms with Gasteiger partial charge in [0.05, 0.1) is 0 Å². The zero-order chi connectivity index (χ0) is 13.6. The Kier molecular flexibility index (Phi) is 4.49. The summed E-state index contributed by atoms with van der Waals surface area (Å²) in [5, 5.41) is 1.78. The lowest BCUT2D eigenvalue weighted by Crippen LogP contribution is -2.04. The summed E-state index contributed by atoms with van der Waals surface area (Å²) in [4.78, 5) is 0. The Labute approximate surface area is 142 Å². The number of rotatable bonds is 2. The first-order valence-electron chi connectivity index (χ1n) is 4.87. The minimum Gasteiger partial charge on any atom is -0.0833 e. The van der Waals surface area contributed by atoms with E-state index in [9.17, 15) is 0 Å². The first-order chi connectivity index (χ1) is 8.21. The quantitative estimate of drug-likeness (QED) is 0.440. The van der Waals surface area contributed by atoms with Gasteiger partial charge in [-0.1, -0.05) is 82.8 Å². The highest BCUT2D eigenvalue weighted by atomic mass is 79.9. The van der Waals surface area contributed by atoms with Gasteiger partial charge in [-0.2, -0.15) is 0 Å². The number of benzene rings is 2. The second kappa shape index (κ2) is 5.31. The third kappa shape index (κ3) is 3.11. The van der Waals surface area contributed by atoms with Crippen LogP contribution >= 0.6 is 78.3 Å². The van der Waals surface area contributed by atoms with Gasteiger partial charge in [0, 0.05) is 11.1 Å². The Morgan fingerprint density at radius 3 is 1.28 bits per heavy atom. The molecule has 0 aliphatic carbocycles. The average molecular weight is 452 g/mol. The van der Waals surface area contributed by atoms with Crippen molar-refractivity contribution in [3.05, 3.63) is 47.5 Å². The second-order valence-electron chi connectivity index (χ2n) is 3.70. The third-order valence-electron chi connectivity index (χ3n) is 2.53. The van der Waals surface area contributed by atoms with E-state index in [1.807, 2.05) is 36.4 Å². The summed E-state index contributed by atoms with van der Waals surface area (Å²) in [6, 6.07) is 11.2. The van der Waals surface area contributed by atoms with E-state index in [0.717, 1.165) is 21.9 Å². The molecular formula is C12H6Br2Cl4.